The molecular formula is C21H21N3O2S. The van der Waals surface area contributed by atoms with Gasteiger partial charge in [-0.1, -0.05) is 24.3 Å². The van der Waals surface area contributed by atoms with Gasteiger partial charge in [0, 0.05) is 24.3 Å². The van der Waals surface area contributed by atoms with Crippen LogP contribution in [0.1, 0.15) is 24.8 Å². The molecule has 0 fully saturated rings. The molecule has 0 N–H and O–H groups in total. The normalized spacial score (nSPS) is 17.2. The highest BCUT2D eigenvalue weighted by Crippen LogP contribution is 2.34. The number of anilines is 2. The van der Waals surface area contributed by atoms with Crippen LogP contribution in [-0.4, -0.2) is 29.8 Å². The summed E-state index contributed by atoms with van der Waals surface area (Å²) in [5, 5.41) is 5.83. The molecule has 0 bridgehead atoms. The van der Waals surface area contributed by atoms with Crippen LogP contribution in [0, 0.1) is 6.92 Å². The summed E-state index contributed by atoms with van der Waals surface area (Å²) in [7, 11) is 0. The summed E-state index contributed by atoms with van der Waals surface area (Å²) in [4.78, 5) is 28.6. The Morgan fingerprint density at radius 1 is 1.11 bits per heavy atom. The smallest absolute Gasteiger partial charge is 0.274 e. The van der Waals surface area contributed by atoms with Gasteiger partial charge in [-0.3, -0.25) is 9.59 Å². The Morgan fingerprint density at radius 3 is 2.81 bits per heavy atom. The zero-order valence-corrected chi connectivity index (χ0v) is 16.0. The molecule has 4 rings (SSSR count). The quantitative estimate of drug-likeness (QED) is 0.792. The van der Waals surface area contributed by atoms with E-state index >= 15 is 0 Å². The highest BCUT2D eigenvalue weighted by molar-refractivity contribution is 7.99. The maximum atomic E-state index is 13.3. The first-order valence-corrected chi connectivity index (χ1v) is 10.1. The lowest BCUT2D eigenvalue weighted by atomic mass is 10.1. The molecule has 2 aliphatic rings. The Bertz CT molecular complexity index is 925. The number of hydrazone groups is 1. The molecule has 138 valence electrons. The van der Waals surface area contributed by atoms with Crippen molar-refractivity contribution in [3.63, 3.8) is 0 Å². The lowest BCUT2D eigenvalue weighted by Gasteiger charge is -2.27. The first-order chi connectivity index (χ1) is 13.1. The Hall–Kier alpha value is -2.60. The van der Waals surface area contributed by atoms with Crippen molar-refractivity contribution in [3.05, 3.63) is 54.1 Å². The standard InChI is InChI=1S/C21H21N3O2S/c1-15-6-4-7-16(14-15)24-20(25)11-10-17(22-24)21(26)23-12-5-13-27-19-9-3-2-8-18(19)23/h2-4,6-9,14H,5,10-13H2,1H3. The van der Waals surface area contributed by atoms with E-state index in [4.69, 9.17) is 0 Å². The number of carbonyl (C=O) groups is 2. The summed E-state index contributed by atoms with van der Waals surface area (Å²) in [5.74, 6) is 0.806. The summed E-state index contributed by atoms with van der Waals surface area (Å²) >= 11 is 1.78. The highest BCUT2D eigenvalue weighted by Gasteiger charge is 2.30. The van der Waals surface area contributed by atoms with E-state index in [9.17, 15) is 9.59 Å². The molecule has 0 aromatic heterocycles. The van der Waals surface area contributed by atoms with Crippen molar-refractivity contribution in [1.82, 2.24) is 0 Å². The minimum Gasteiger partial charge on any atom is -0.306 e. The monoisotopic (exact) mass is 379 g/mol. The number of hydrogen-bond acceptors (Lipinski definition) is 4. The molecule has 0 unspecified atom stereocenters. The van der Waals surface area contributed by atoms with E-state index in [0.29, 0.717) is 30.8 Å². The van der Waals surface area contributed by atoms with Crippen LogP contribution < -0.4 is 9.91 Å². The maximum absolute atomic E-state index is 13.3. The number of nitrogens with zero attached hydrogens (tertiary/aromatic N) is 3. The number of benzene rings is 2. The average molecular weight is 379 g/mol. The van der Waals surface area contributed by atoms with E-state index in [2.05, 4.69) is 11.2 Å². The third-order valence-electron chi connectivity index (χ3n) is 4.71. The number of rotatable bonds is 2. The van der Waals surface area contributed by atoms with Crippen LogP contribution in [0.15, 0.2) is 58.5 Å². The number of amides is 2. The van der Waals surface area contributed by atoms with Crippen molar-refractivity contribution in [1.29, 1.82) is 0 Å². The second-order valence-electron chi connectivity index (χ2n) is 6.72. The minimum atomic E-state index is -0.102. The van der Waals surface area contributed by atoms with E-state index in [1.807, 2.05) is 54.3 Å². The summed E-state index contributed by atoms with van der Waals surface area (Å²) < 4.78 is 0. The predicted octanol–water partition coefficient (Wildman–Crippen LogP) is 4.01. The van der Waals surface area contributed by atoms with Crippen LogP contribution in [0.3, 0.4) is 0 Å². The number of para-hydroxylation sites is 1. The Balaban J connectivity index is 1.67. The Morgan fingerprint density at radius 2 is 1.96 bits per heavy atom. The summed E-state index contributed by atoms with van der Waals surface area (Å²) in [6.45, 7) is 2.64. The van der Waals surface area contributed by atoms with Gasteiger partial charge in [0.15, 0.2) is 0 Å². The van der Waals surface area contributed by atoms with Gasteiger partial charge in [-0.25, -0.2) is 5.01 Å². The first-order valence-electron chi connectivity index (χ1n) is 9.14. The number of aryl methyl sites for hydroxylation is 1. The zero-order valence-electron chi connectivity index (χ0n) is 15.2. The topological polar surface area (TPSA) is 53.0 Å². The summed E-state index contributed by atoms with van der Waals surface area (Å²) in [6, 6.07) is 15.6. The SMILES string of the molecule is Cc1cccc(N2N=C(C(=O)N3CCCSc4ccccc43)CCC2=O)c1. The van der Waals surface area contributed by atoms with Gasteiger partial charge in [0.05, 0.1) is 11.4 Å². The van der Waals surface area contributed by atoms with Gasteiger partial charge >= 0.3 is 0 Å². The lowest BCUT2D eigenvalue weighted by molar-refractivity contribution is -0.118. The number of hydrogen-bond donors (Lipinski definition) is 0. The van der Waals surface area contributed by atoms with Gasteiger partial charge in [-0.15, -0.1) is 11.8 Å². The molecule has 2 aliphatic heterocycles. The van der Waals surface area contributed by atoms with Crippen LogP contribution >= 0.6 is 11.8 Å². The molecule has 27 heavy (non-hydrogen) atoms. The van der Waals surface area contributed by atoms with Crippen molar-refractivity contribution in [2.75, 3.05) is 22.2 Å². The van der Waals surface area contributed by atoms with Crippen molar-refractivity contribution >= 4 is 40.7 Å². The van der Waals surface area contributed by atoms with Crippen LogP contribution in [0.25, 0.3) is 0 Å². The number of carbonyl (C=O) groups excluding carboxylic acids is 2. The molecule has 0 saturated carbocycles. The lowest BCUT2D eigenvalue weighted by Crippen LogP contribution is -2.42. The van der Waals surface area contributed by atoms with Gasteiger partial charge in [0.25, 0.3) is 5.91 Å². The second kappa shape index (κ2) is 7.56. The molecule has 5 nitrogen and oxygen atoms in total. The molecule has 2 aromatic carbocycles. The van der Waals surface area contributed by atoms with Gasteiger partial charge < -0.3 is 4.90 Å². The fourth-order valence-corrected chi connectivity index (χ4v) is 4.36. The average Bonchev–Trinajstić information content (AvgIpc) is 2.90. The van der Waals surface area contributed by atoms with Crippen molar-refractivity contribution in [2.24, 2.45) is 5.10 Å². The van der Waals surface area contributed by atoms with Crippen LogP contribution in [0.2, 0.25) is 0 Å². The van der Waals surface area contributed by atoms with Crippen LogP contribution in [0.4, 0.5) is 11.4 Å². The molecule has 6 heteroatoms. The molecule has 0 atom stereocenters. The fourth-order valence-electron chi connectivity index (χ4n) is 3.36. The van der Waals surface area contributed by atoms with Crippen molar-refractivity contribution < 1.29 is 9.59 Å². The van der Waals surface area contributed by atoms with E-state index in [1.165, 1.54) is 5.01 Å². The number of thioether (sulfide) groups is 1. The Labute approximate surface area is 163 Å². The van der Waals surface area contributed by atoms with Gasteiger partial charge in [0.2, 0.25) is 5.91 Å². The fraction of sp³-hybridized carbons (Fsp3) is 0.286. The second-order valence-corrected chi connectivity index (χ2v) is 7.85. The molecule has 0 spiro atoms. The van der Waals surface area contributed by atoms with Crippen molar-refractivity contribution in [2.45, 2.75) is 31.1 Å². The third kappa shape index (κ3) is 3.62. The van der Waals surface area contributed by atoms with E-state index in [-0.39, 0.29) is 11.8 Å². The largest absolute Gasteiger partial charge is 0.306 e. The van der Waals surface area contributed by atoms with E-state index in [1.54, 1.807) is 11.8 Å². The zero-order chi connectivity index (χ0) is 18.8. The first kappa shape index (κ1) is 17.8. The molecule has 0 saturated heterocycles. The summed E-state index contributed by atoms with van der Waals surface area (Å²) in [5.41, 5.74) is 3.13. The highest BCUT2D eigenvalue weighted by atomic mass is 32.2. The third-order valence-corrected chi connectivity index (χ3v) is 5.86. The molecule has 0 radical (unpaired) electrons. The van der Waals surface area contributed by atoms with Gasteiger partial charge in [-0.05, 0) is 48.9 Å². The Kier molecular flexibility index (Phi) is 4.99. The molecule has 2 aromatic rings. The molecule has 2 heterocycles. The summed E-state index contributed by atoms with van der Waals surface area (Å²) in [6.07, 6.45) is 1.60. The minimum absolute atomic E-state index is 0.0797. The maximum Gasteiger partial charge on any atom is 0.274 e. The van der Waals surface area contributed by atoms with E-state index in [0.717, 1.165) is 28.3 Å². The van der Waals surface area contributed by atoms with Crippen molar-refractivity contribution in [3.8, 4) is 0 Å². The number of fused-ring (bicyclic) bond motifs is 1. The predicted molar refractivity (Wildman–Crippen MR) is 109 cm³/mol. The van der Waals surface area contributed by atoms with Crippen LogP contribution in [-0.2, 0) is 9.59 Å². The van der Waals surface area contributed by atoms with E-state index < -0.39 is 0 Å². The molecule has 2 amide bonds. The van der Waals surface area contributed by atoms with Gasteiger partial charge in [-0.2, -0.15) is 5.10 Å². The molecule has 0 aliphatic carbocycles. The van der Waals surface area contributed by atoms with Crippen LogP contribution in [0.5, 0.6) is 0 Å². The molecular weight excluding hydrogens is 358 g/mol. The van der Waals surface area contributed by atoms with Gasteiger partial charge in [0.1, 0.15) is 5.71 Å².